The third-order valence-electron chi connectivity index (χ3n) is 2.34. The molecule has 0 bridgehead atoms. The van der Waals surface area contributed by atoms with E-state index in [-0.39, 0.29) is 17.2 Å². The maximum Gasteiger partial charge on any atom is 0.256 e. The van der Waals surface area contributed by atoms with Crippen molar-refractivity contribution in [2.24, 2.45) is 0 Å². The molecule has 20 heavy (non-hydrogen) atoms. The van der Waals surface area contributed by atoms with Crippen LogP contribution in [0.3, 0.4) is 0 Å². The zero-order valence-corrected chi connectivity index (χ0v) is 11.9. The Morgan fingerprint density at radius 3 is 2.55 bits per heavy atom. The van der Waals surface area contributed by atoms with Crippen LogP contribution in [-0.4, -0.2) is 22.0 Å². The summed E-state index contributed by atoms with van der Waals surface area (Å²) < 4.78 is 5.51. The van der Waals surface area contributed by atoms with Gasteiger partial charge in [0.1, 0.15) is 10.9 Å². The minimum absolute atomic E-state index is 0.0939. The number of anilines is 1. The van der Waals surface area contributed by atoms with Gasteiger partial charge in [0.25, 0.3) is 5.91 Å². The van der Waals surface area contributed by atoms with E-state index in [1.165, 1.54) is 12.4 Å². The molecule has 0 saturated heterocycles. The van der Waals surface area contributed by atoms with Crippen LogP contribution in [-0.2, 0) is 0 Å². The van der Waals surface area contributed by atoms with Gasteiger partial charge in [-0.2, -0.15) is 0 Å². The number of hydrogen-bond donors (Lipinski definition) is 1. The highest BCUT2D eigenvalue weighted by Crippen LogP contribution is 2.15. The second-order valence-corrected chi connectivity index (χ2v) is 4.76. The number of halogens is 1. The molecule has 1 heterocycles. The molecular weight excluding hydrogens is 278 g/mol. The average Bonchev–Trinajstić information content (AvgIpc) is 2.38. The van der Waals surface area contributed by atoms with Crippen LogP contribution in [0, 0.1) is 0 Å². The normalized spacial score (nSPS) is 10.4. The van der Waals surface area contributed by atoms with Crippen LogP contribution in [0.2, 0.25) is 5.15 Å². The van der Waals surface area contributed by atoms with Crippen molar-refractivity contribution in [2.75, 3.05) is 5.32 Å². The predicted molar refractivity (Wildman–Crippen MR) is 77.2 cm³/mol. The molecule has 0 aliphatic heterocycles. The van der Waals surface area contributed by atoms with Gasteiger partial charge in [-0.05, 0) is 38.1 Å². The number of aromatic nitrogens is 2. The smallest absolute Gasteiger partial charge is 0.256 e. The maximum absolute atomic E-state index is 12.0. The molecule has 2 rings (SSSR count). The first-order valence-corrected chi connectivity index (χ1v) is 6.48. The third kappa shape index (κ3) is 3.93. The summed E-state index contributed by atoms with van der Waals surface area (Å²) >= 11 is 5.70. The molecule has 0 radical (unpaired) electrons. The Morgan fingerprint density at radius 2 is 1.95 bits per heavy atom. The fourth-order valence-corrected chi connectivity index (χ4v) is 1.70. The number of hydrogen-bond acceptors (Lipinski definition) is 4. The van der Waals surface area contributed by atoms with E-state index < -0.39 is 0 Å². The van der Waals surface area contributed by atoms with Crippen LogP contribution in [0.15, 0.2) is 36.7 Å². The minimum Gasteiger partial charge on any atom is -0.491 e. The van der Waals surface area contributed by atoms with Gasteiger partial charge >= 0.3 is 0 Å². The van der Waals surface area contributed by atoms with Crippen LogP contribution in [0.1, 0.15) is 24.2 Å². The second kappa shape index (κ2) is 6.34. The van der Waals surface area contributed by atoms with Crippen LogP contribution >= 0.6 is 11.6 Å². The minimum atomic E-state index is -0.280. The lowest BCUT2D eigenvalue weighted by molar-refractivity contribution is 0.102. The highest BCUT2D eigenvalue weighted by Gasteiger charge is 2.08. The molecule has 0 spiro atoms. The summed E-state index contributed by atoms with van der Waals surface area (Å²) in [5, 5.41) is 2.85. The van der Waals surface area contributed by atoms with Crippen LogP contribution in [0.5, 0.6) is 5.75 Å². The molecule has 2 aromatic rings. The topological polar surface area (TPSA) is 64.1 Å². The molecule has 0 atom stereocenters. The SMILES string of the molecule is CC(C)Oc1ccc(C(=O)Nc2cncc(Cl)n2)cc1. The molecule has 1 amide bonds. The highest BCUT2D eigenvalue weighted by molar-refractivity contribution is 6.29. The summed E-state index contributed by atoms with van der Waals surface area (Å²) in [6, 6.07) is 6.87. The van der Waals surface area contributed by atoms with Gasteiger partial charge in [-0.25, -0.2) is 4.98 Å². The zero-order chi connectivity index (χ0) is 14.5. The number of nitrogens with zero attached hydrogens (tertiary/aromatic N) is 2. The van der Waals surface area contributed by atoms with Gasteiger partial charge in [0.15, 0.2) is 5.82 Å². The quantitative estimate of drug-likeness (QED) is 0.940. The van der Waals surface area contributed by atoms with Crippen molar-refractivity contribution >= 4 is 23.3 Å². The fourth-order valence-electron chi connectivity index (χ4n) is 1.55. The first-order chi connectivity index (χ1) is 9.54. The van der Waals surface area contributed by atoms with Gasteiger partial charge in [-0.1, -0.05) is 11.6 Å². The molecular formula is C14H14ClN3O2. The Labute approximate surface area is 122 Å². The Kier molecular flexibility index (Phi) is 4.53. The van der Waals surface area contributed by atoms with Gasteiger partial charge in [-0.3, -0.25) is 9.78 Å². The predicted octanol–water partition coefficient (Wildman–Crippen LogP) is 3.17. The van der Waals surface area contributed by atoms with Crippen LogP contribution in [0.25, 0.3) is 0 Å². The number of carbonyl (C=O) groups is 1. The van der Waals surface area contributed by atoms with E-state index in [1.54, 1.807) is 24.3 Å². The standard InChI is InChI=1S/C14H14ClN3O2/c1-9(2)20-11-5-3-10(4-6-11)14(19)18-13-8-16-7-12(15)17-13/h3-9H,1-2H3,(H,17,18,19). The highest BCUT2D eigenvalue weighted by atomic mass is 35.5. The van der Waals surface area contributed by atoms with Crippen molar-refractivity contribution in [3.05, 3.63) is 47.4 Å². The van der Waals surface area contributed by atoms with Gasteiger partial charge in [-0.15, -0.1) is 0 Å². The summed E-state index contributed by atoms with van der Waals surface area (Å²) in [5.74, 6) is 0.752. The summed E-state index contributed by atoms with van der Waals surface area (Å²) in [7, 11) is 0. The molecule has 104 valence electrons. The molecule has 6 heteroatoms. The van der Waals surface area contributed by atoms with E-state index in [1.807, 2.05) is 13.8 Å². The molecule has 0 aliphatic rings. The van der Waals surface area contributed by atoms with Crippen molar-refractivity contribution in [3.8, 4) is 5.75 Å². The van der Waals surface area contributed by atoms with Gasteiger partial charge in [0.05, 0.1) is 18.5 Å². The number of amides is 1. The van der Waals surface area contributed by atoms with Crippen molar-refractivity contribution < 1.29 is 9.53 Å². The van der Waals surface area contributed by atoms with Crippen molar-refractivity contribution in [1.29, 1.82) is 0 Å². The molecule has 0 saturated carbocycles. The molecule has 0 aliphatic carbocycles. The molecule has 1 aromatic heterocycles. The molecule has 1 aromatic carbocycles. The first-order valence-electron chi connectivity index (χ1n) is 6.10. The number of benzene rings is 1. The van der Waals surface area contributed by atoms with Gasteiger partial charge in [0, 0.05) is 5.56 Å². The fraction of sp³-hybridized carbons (Fsp3) is 0.214. The van der Waals surface area contributed by atoms with Crippen molar-refractivity contribution in [1.82, 2.24) is 9.97 Å². The lowest BCUT2D eigenvalue weighted by Crippen LogP contribution is -2.13. The largest absolute Gasteiger partial charge is 0.491 e. The average molecular weight is 292 g/mol. The molecule has 5 nitrogen and oxygen atoms in total. The Morgan fingerprint density at radius 1 is 1.25 bits per heavy atom. The van der Waals surface area contributed by atoms with E-state index in [2.05, 4.69) is 15.3 Å². The molecule has 0 fully saturated rings. The monoisotopic (exact) mass is 291 g/mol. The van der Waals surface area contributed by atoms with E-state index in [0.29, 0.717) is 11.4 Å². The summed E-state index contributed by atoms with van der Waals surface area (Å²) in [6.07, 6.45) is 2.92. The van der Waals surface area contributed by atoms with Crippen molar-refractivity contribution in [3.63, 3.8) is 0 Å². The van der Waals surface area contributed by atoms with E-state index in [0.717, 1.165) is 5.75 Å². The summed E-state index contributed by atoms with van der Waals surface area (Å²) in [5.41, 5.74) is 0.503. The zero-order valence-electron chi connectivity index (χ0n) is 11.1. The van der Waals surface area contributed by atoms with E-state index in [9.17, 15) is 4.79 Å². The molecule has 0 unspecified atom stereocenters. The lowest BCUT2D eigenvalue weighted by Gasteiger charge is -2.10. The lowest BCUT2D eigenvalue weighted by atomic mass is 10.2. The maximum atomic E-state index is 12.0. The number of rotatable bonds is 4. The molecule has 1 N–H and O–H groups in total. The summed E-state index contributed by atoms with van der Waals surface area (Å²) in [6.45, 7) is 3.89. The van der Waals surface area contributed by atoms with Crippen molar-refractivity contribution in [2.45, 2.75) is 20.0 Å². The number of nitrogens with one attached hydrogen (secondary N) is 1. The Hall–Kier alpha value is -2.14. The first kappa shape index (κ1) is 14.3. The Bertz CT molecular complexity index is 600. The van der Waals surface area contributed by atoms with E-state index in [4.69, 9.17) is 16.3 Å². The number of ether oxygens (including phenoxy) is 1. The second-order valence-electron chi connectivity index (χ2n) is 4.37. The third-order valence-corrected chi connectivity index (χ3v) is 2.52. The van der Waals surface area contributed by atoms with E-state index >= 15 is 0 Å². The van der Waals surface area contributed by atoms with Crippen LogP contribution < -0.4 is 10.1 Å². The van der Waals surface area contributed by atoms with Gasteiger partial charge in [0.2, 0.25) is 0 Å². The van der Waals surface area contributed by atoms with Crippen LogP contribution in [0.4, 0.5) is 5.82 Å². The van der Waals surface area contributed by atoms with Gasteiger partial charge < -0.3 is 10.1 Å². The number of carbonyl (C=O) groups excluding carboxylic acids is 1. The Balaban J connectivity index is 2.06. The summed E-state index contributed by atoms with van der Waals surface area (Å²) in [4.78, 5) is 19.8.